The Morgan fingerprint density at radius 2 is 2.05 bits per heavy atom. The quantitative estimate of drug-likeness (QED) is 0.646. The van der Waals surface area contributed by atoms with E-state index in [1.165, 1.54) is 5.56 Å². The van der Waals surface area contributed by atoms with Crippen molar-refractivity contribution in [2.75, 3.05) is 13.2 Å². The van der Waals surface area contributed by atoms with Crippen molar-refractivity contribution in [3.63, 3.8) is 0 Å². The lowest BCUT2D eigenvalue weighted by atomic mass is 10.1. The van der Waals surface area contributed by atoms with Crippen LogP contribution in [0, 0.1) is 0 Å². The summed E-state index contributed by atoms with van der Waals surface area (Å²) in [4.78, 5) is 11.6. The van der Waals surface area contributed by atoms with E-state index in [0.717, 1.165) is 24.3 Å². The fraction of sp³-hybridized carbons (Fsp3) is 0.533. The highest BCUT2D eigenvalue weighted by Crippen LogP contribution is 2.10. The molecule has 112 valence electrons. The van der Waals surface area contributed by atoms with E-state index < -0.39 is 0 Å². The van der Waals surface area contributed by atoms with Crippen LogP contribution in [0.1, 0.15) is 31.7 Å². The molecule has 0 spiro atoms. The van der Waals surface area contributed by atoms with E-state index in [1.807, 2.05) is 31.2 Å². The first-order valence-electron chi connectivity index (χ1n) is 7.05. The number of carbonyl (C=O) groups excluding carboxylic acids is 1. The van der Waals surface area contributed by atoms with Gasteiger partial charge in [-0.2, -0.15) is 0 Å². The number of aliphatic hydroxyl groups is 1. The van der Waals surface area contributed by atoms with Gasteiger partial charge in [-0.3, -0.25) is 0 Å². The van der Waals surface area contributed by atoms with E-state index in [4.69, 9.17) is 16.7 Å². The number of aliphatic hydroxyl groups excluding tert-OH is 1. The SMILES string of the molecule is CCC(CCO)NC(=O)NCCCc1ccc(Cl)cc1. The molecule has 0 radical (unpaired) electrons. The van der Waals surface area contributed by atoms with E-state index in [9.17, 15) is 4.79 Å². The van der Waals surface area contributed by atoms with Gasteiger partial charge in [0.15, 0.2) is 0 Å². The molecule has 0 bridgehead atoms. The Morgan fingerprint density at radius 3 is 2.65 bits per heavy atom. The molecular formula is C15H23ClN2O2. The summed E-state index contributed by atoms with van der Waals surface area (Å²) in [5.41, 5.74) is 1.21. The van der Waals surface area contributed by atoms with Gasteiger partial charge in [-0.05, 0) is 43.4 Å². The summed E-state index contributed by atoms with van der Waals surface area (Å²) >= 11 is 5.82. The zero-order valence-corrected chi connectivity index (χ0v) is 12.6. The van der Waals surface area contributed by atoms with Gasteiger partial charge in [0.25, 0.3) is 0 Å². The van der Waals surface area contributed by atoms with Crippen LogP contribution in [0.2, 0.25) is 5.02 Å². The maximum Gasteiger partial charge on any atom is 0.315 e. The molecule has 5 heteroatoms. The van der Waals surface area contributed by atoms with Crippen LogP contribution < -0.4 is 10.6 Å². The number of rotatable bonds is 8. The highest BCUT2D eigenvalue weighted by Gasteiger charge is 2.08. The fourth-order valence-corrected chi connectivity index (χ4v) is 2.04. The van der Waals surface area contributed by atoms with Gasteiger partial charge in [0.2, 0.25) is 0 Å². The largest absolute Gasteiger partial charge is 0.396 e. The number of halogens is 1. The maximum absolute atomic E-state index is 11.6. The van der Waals surface area contributed by atoms with Crippen molar-refractivity contribution < 1.29 is 9.90 Å². The summed E-state index contributed by atoms with van der Waals surface area (Å²) < 4.78 is 0. The molecule has 1 aromatic carbocycles. The van der Waals surface area contributed by atoms with Crippen molar-refractivity contribution in [1.82, 2.24) is 10.6 Å². The summed E-state index contributed by atoms with van der Waals surface area (Å²) in [5.74, 6) is 0. The number of hydrogen-bond donors (Lipinski definition) is 3. The van der Waals surface area contributed by atoms with E-state index in [0.29, 0.717) is 13.0 Å². The number of aryl methyl sites for hydroxylation is 1. The molecule has 1 atom stereocenters. The molecule has 4 nitrogen and oxygen atoms in total. The smallest absolute Gasteiger partial charge is 0.315 e. The highest BCUT2D eigenvalue weighted by molar-refractivity contribution is 6.30. The second-order valence-electron chi connectivity index (χ2n) is 4.75. The highest BCUT2D eigenvalue weighted by atomic mass is 35.5. The van der Waals surface area contributed by atoms with Crippen molar-refractivity contribution in [3.8, 4) is 0 Å². The van der Waals surface area contributed by atoms with Gasteiger partial charge in [0.1, 0.15) is 0 Å². The summed E-state index contributed by atoms with van der Waals surface area (Å²) in [6, 6.07) is 7.61. The Hall–Kier alpha value is -1.26. The number of amides is 2. The minimum atomic E-state index is -0.165. The molecule has 0 heterocycles. The van der Waals surface area contributed by atoms with Gasteiger partial charge in [-0.25, -0.2) is 4.79 Å². The van der Waals surface area contributed by atoms with Crippen LogP contribution in [-0.4, -0.2) is 30.3 Å². The fourth-order valence-electron chi connectivity index (χ4n) is 1.92. The van der Waals surface area contributed by atoms with Crippen LogP contribution in [0.25, 0.3) is 0 Å². The van der Waals surface area contributed by atoms with Crippen LogP contribution in [0.5, 0.6) is 0 Å². The zero-order chi connectivity index (χ0) is 14.8. The van der Waals surface area contributed by atoms with Crippen LogP contribution in [0.15, 0.2) is 24.3 Å². The lowest BCUT2D eigenvalue weighted by Gasteiger charge is -2.16. The van der Waals surface area contributed by atoms with Crippen molar-refractivity contribution in [1.29, 1.82) is 0 Å². The van der Waals surface area contributed by atoms with Crippen LogP contribution in [0.4, 0.5) is 4.79 Å². The molecule has 0 aliphatic heterocycles. The molecule has 2 amide bonds. The predicted octanol–water partition coefficient (Wildman–Crippen LogP) is 2.73. The monoisotopic (exact) mass is 298 g/mol. The Balaban J connectivity index is 2.17. The standard InChI is InChI=1S/C15H23ClN2O2/c1-2-14(9-11-19)18-15(20)17-10-3-4-12-5-7-13(16)8-6-12/h5-8,14,19H,2-4,9-11H2,1H3,(H2,17,18,20). The molecule has 0 saturated carbocycles. The zero-order valence-electron chi connectivity index (χ0n) is 11.9. The number of nitrogens with one attached hydrogen (secondary N) is 2. The molecule has 1 unspecified atom stereocenters. The van der Waals surface area contributed by atoms with E-state index in [1.54, 1.807) is 0 Å². The van der Waals surface area contributed by atoms with Gasteiger partial charge in [0.05, 0.1) is 0 Å². The number of benzene rings is 1. The van der Waals surface area contributed by atoms with E-state index >= 15 is 0 Å². The average molecular weight is 299 g/mol. The van der Waals surface area contributed by atoms with Crippen molar-refractivity contribution in [2.45, 2.75) is 38.6 Å². The maximum atomic E-state index is 11.6. The van der Waals surface area contributed by atoms with Gasteiger partial charge in [-0.15, -0.1) is 0 Å². The average Bonchev–Trinajstić information content (AvgIpc) is 2.45. The Morgan fingerprint density at radius 1 is 1.35 bits per heavy atom. The third-order valence-electron chi connectivity index (χ3n) is 3.15. The first-order chi connectivity index (χ1) is 9.65. The van der Waals surface area contributed by atoms with Crippen molar-refractivity contribution in [3.05, 3.63) is 34.9 Å². The third kappa shape index (κ3) is 6.78. The van der Waals surface area contributed by atoms with Crippen LogP contribution in [-0.2, 0) is 6.42 Å². The topological polar surface area (TPSA) is 61.4 Å². The number of urea groups is 1. The Bertz CT molecular complexity index is 395. The Kier molecular flexibility index (Phi) is 8.07. The number of hydrogen-bond acceptors (Lipinski definition) is 2. The summed E-state index contributed by atoms with van der Waals surface area (Å²) in [6.07, 6.45) is 3.20. The molecule has 0 saturated heterocycles. The lowest BCUT2D eigenvalue weighted by Crippen LogP contribution is -2.42. The number of carbonyl (C=O) groups is 1. The minimum Gasteiger partial charge on any atom is -0.396 e. The second-order valence-corrected chi connectivity index (χ2v) is 5.18. The van der Waals surface area contributed by atoms with Gasteiger partial charge in [0, 0.05) is 24.2 Å². The van der Waals surface area contributed by atoms with Gasteiger partial charge >= 0.3 is 6.03 Å². The molecule has 0 aromatic heterocycles. The molecule has 0 fully saturated rings. The van der Waals surface area contributed by atoms with E-state index in [2.05, 4.69) is 10.6 Å². The predicted molar refractivity (Wildman–Crippen MR) is 82.1 cm³/mol. The van der Waals surface area contributed by atoms with Crippen molar-refractivity contribution in [2.24, 2.45) is 0 Å². The normalized spacial score (nSPS) is 11.9. The van der Waals surface area contributed by atoms with Crippen LogP contribution >= 0.6 is 11.6 Å². The first-order valence-corrected chi connectivity index (χ1v) is 7.43. The molecule has 0 aliphatic carbocycles. The Labute approximate surface area is 125 Å². The van der Waals surface area contributed by atoms with Gasteiger partial charge in [-0.1, -0.05) is 30.7 Å². The molecule has 0 aliphatic rings. The molecule has 20 heavy (non-hydrogen) atoms. The summed E-state index contributed by atoms with van der Waals surface area (Å²) in [6.45, 7) is 2.71. The van der Waals surface area contributed by atoms with Crippen molar-refractivity contribution >= 4 is 17.6 Å². The molecular weight excluding hydrogens is 276 g/mol. The van der Waals surface area contributed by atoms with Crippen LogP contribution in [0.3, 0.4) is 0 Å². The second kappa shape index (κ2) is 9.61. The molecule has 3 N–H and O–H groups in total. The summed E-state index contributed by atoms with van der Waals surface area (Å²) in [7, 11) is 0. The minimum absolute atomic E-state index is 0.0382. The lowest BCUT2D eigenvalue weighted by molar-refractivity contribution is 0.228. The summed E-state index contributed by atoms with van der Waals surface area (Å²) in [5, 5.41) is 15.3. The third-order valence-corrected chi connectivity index (χ3v) is 3.40. The first kappa shape index (κ1) is 16.8. The van der Waals surface area contributed by atoms with E-state index in [-0.39, 0.29) is 18.7 Å². The molecule has 1 aromatic rings. The molecule has 1 rings (SSSR count). The van der Waals surface area contributed by atoms with Gasteiger partial charge < -0.3 is 15.7 Å².